The normalized spacial score (nSPS) is 10.7. The third-order valence-corrected chi connectivity index (χ3v) is 3.64. The largest absolute Gasteiger partial charge is 0.361 e. The number of amides is 1. The average molecular weight is 278 g/mol. The highest BCUT2D eigenvalue weighted by atomic mass is 16.1. The van der Waals surface area contributed by atoms with Crippen molar-refractivity contribution in [2.75, 3.05) is 6.54 Å². The molecule has 0 fully saturated rings. The van der Waals surface area contributed by atoms with Gasteiger partial charge in [-0.25, -0.2) is 0 Å². The van der Waals surface area contributed by atoms with E-state index >= 15 is 0 Å². The van der Waals surface area contributed by atoms with Gasteiger partial charge < -0.3 is 10.3 Å². The number of benzene rings is 2. The van der Waals surface area contributed by atoms with Crippen molar-refractivity contribution in [3.8, 4) is 0 Å². The van der Waals surface area contributed by atoms with Crippen LogP contribution in [0.5, 0.6) is 0 Å². The van der Waals surface area contributed by atoms with Gasteiger partial charge in [0.05, 0.1) is 0 Å². The van der Waals surface area contributed by atoms with Crippen LogP contribution in [0.15, 0.2) is 54.7 Å². The molecular weight excluding hydrogens is 260 g/mol. The van der Waals surface area contributed by atoms with Gasteiger partial charge in [-0.05, 0) is 42.5 Å². The van der Waals surface area contributed by atoms with Gasteiger partial charge in [-0.3, -0.25) is 4.79 Å². The summed E-state index contributed by atoms with van der Waals surface area (Å²) in [6.07, 6.45) is 2.72. The molecule has 1 aromatic heterocycles. The van der Waals surface area contributed by atoms with E-state index in [0.29, 0.717) is 12.1 Å². The molecule has 1 heterocycles. The van der Waals surface area contributed by atoms with Crippen molar-refractivity contribution in [3.63, 3.8) is 0 Å². The Balaban J connectivity index is 1.59. The fraction of sp³-hybridized carbons (Fsp3) is 0.167. The molecule has 3 nitrogen and oxygen atoms in total. The predicted octanol–water partition coefficient (Wildman–Crippen LogP) is 3.45. The summed E-state index contributed by atoms with van der Waals surface area (Å²) in [7, 11) is 0. The Labute approximate surface area is 124 Å². The van der Waals surface area contributed by atoms with Crippen LogP contribution in [0.4, 0.5) is 0 Å². The van der Waals surface area contributed by atoms with Crippen LogP contribution in [0.25, 0.3) is 10.9 Å². The molecule has 0 aliphatic carbocycles. The van der Waals surface area contributed by atoms with Crippen molar-refractivity contribution in [1.82, 2.24) is 10.3 Å². The van der Waals surface area contributed by atoms with E-state index in [1.165, 1.54) is 11.1 Å². The summed E-state index contributed by atoms with van der Waals surface area (Å²) in [5.74, 6) is -0.0291. The van der Waals surface area contributed by atoms with E-state index in [9.17, 15) is 4.79 Å². The van der Waals surface area contributed by atoms with E-state index < -0.39 is 0 Å². The Morgan fingerprint density at radius 1 is 1.10 bits per heavy atom. The standard InChI is InChI=1S/C18H18N2O/c1-13-2-4-14(5-3-13)8-10-20-18(21)16-7-6-15-9-11-19-17(15)12-16/h2-7,9,11-12,19H,8,10H2,1H3,(H,20,21). The van der Waals surface area contributed by atoms with E-state index in [-0.39, 0.29) is 5.91 Å². The third-order valence-electron chi connectivity index (χ3n) is 3.64. The number of nitrogens with one attached hydrogen (secondary N) is 2. The highest BCUT2D eigenvalue weighted by Crippen LogP contribution is 2.14. The van der Waals surface area contributed by atoms with Crippen molar-refractivity contribution >= 4 is 16.8 Å². The maximum Gasteiger partial charge on any atom is 0.251 e. The first-order valence-corrected chi connectivity index (χ1v) is 7.13. The molecule has 0 aliphatic rings. The lowest BCUT2D eigenvalue weighted by molar-refractivity contribution is 0.0954. The van der Waals surface area contributed by atoms with Gasteiger partial charge in [-0.15, -0.1) is 0 Å². The molecule has 3 heteroatoms. The van der Waals surface area contributed by atoms with E-state index in [1.54, 1.807) is 0 Å². The highest BCUT2D eigenvalue weighted by molar-refractivity contribution is 5.97. The number of hydrogen-bond acceptors (Lipinski definition) is 1. The summed E-state index contributed by atoms with van der Waals surface area (Å²) in [6, 6.07) is 16.1. The molecule has 3 aromatic rings. The fourth-order valence-corrected chi connectivity index (χ4v) is 2.37. The average Bonchev–Trinajstić information content (AvgIpc) is 2.96. The minimum Gasteiger partial charge on any atom is -0.361 e. The van der Waals surface area contributed by atoms with Crippen molar-refractivity contribution in [3.05, 3.63) is 71.4 Å². The molecule has 0 unspecified atom stereocenters. The lowest BCUT2D eigenvalue weighted by Crippen LogP contribution is -2.25. The van der Waals surface area contributed by atoms with Gasteiger partial charge in [0.15, 0.2) is 0 Å². The van der Waals surface area contributed by atoms with Crippen molar-refractivity contribution in [2.45, 2.75) is 13.3 Å². The summed E-state index contributed by atoms with van der Waals surface area (Å²) < 4.78 is 0. The SMILES string of the molecule is Cc1ccc(CCNC(=O)c2ccc3cc[nH]c3c2)cc1. The maximum absolute atomic E-state index is 12.1. The van der Waals surface area contributed by atoms with Crippen molar-refractivity contribution < 1.29 is 4.79 Å². The van der Waals surface area contributed by atoms with Crippen LogP contribution < -0.4 is 5.32 Å². The van der Waals surface area contributed by atoms with Crippen LogP contribution in [0.3, 0.4) is 0 Å². The van der Waals surface area contributed by atoms with Crippen LogP contribution in [0.2, 0.25) is 0 Å². The molecule has 0 saturated heterocycles. The first kappa shape index (κ1) is 13.4. The Morgan fingerprint density at radius 2 is 1.90 bits per heavy atom. The molecule has 0 spiro atoms. The monoisotopic (exact) mass is 278 g/mol. The van der Waals surface area contributed by atoms with Gasteiger partial charge in [0.1, 0.15) is 0 Å². The van der Waals surface area contributed by atoms with Crippen LogP contribution >= 0.6 is 0 Å². The summed E-state index contributed by atoms with van der Waals surface area (Å²) >= 11 is 0. The second kappa shape index (κ2) is 5.83. The highest BCUT2D eigenvalue weighted by Gasteiger charge is 2.06. The first-order valence-electron chi connectivity index (χ1n) is 7.13. The zero-order chi connectivity index (χ0) is 14.7. The predicted molar refractivity (Wildman–Crippen MR) is 85.5 cm³/mol. The Kier molecular flexibility index (Phi) is 3.73. The topological polar surface area (TPSA) is 44.9 Å². The van der Waals surface area contributed by atoms with E-state index in [0.717, 1.165) is 17.3 Å². The van der Waals surface area contributed by atoms with Crippen LogP contribution in [0.1, 0.15) is 21.5 Å². The second-order valence-corrected chi connectivity index (χ2v) is 5.27. The maximum atomic E-state index is 12.1. The number of H-pyrrole nitrogens is 1. The second-order valence-electron chi connectivity index (χ2n) is 5.27. The summed E-state index contributed by atoms with van der Waals surface area (Å²) in [5.41, 5.74) is 4.16. The number of aromatic amines is 1. The smallest absolute Gasteiger partial charge is 0.251 e. The molecule has 3 rings (SSSR count). The molecule has 0 saturated carbocycles. The fourth-order valence-electron chi connectivity index (χ4n) is 2.37. The number of carbonyl (C=O) groups is 1. The van der Waals surface area contributed by atoms with Crippen molar-refractivity contribution in [2.24, 2.45) is 0 Å². The number of aryl methyl sites for hydroxylation is 1. The van der Waals surface area contributed by atoms with Crippen molar-refractivity contribution in [1.29, 1.82) is 0 Å². The minimum atomic E-state index is -0.0291. The molecule has 0 bridgehead atoms. The zero-order valence-electron chi connectivity index (χ0n) is 12.0. The Hall–Kier alpha value is -2.55. The lowest BCUT2D eigenvalue weighted by atomic mass is 10.1. The van der Waals surface area contributed by atoms with E-state index in [1.807, 2.05) is 30.5 Å². The van der Waals surface area contributed by atoms with Gasteiger partial charge >= 0.3 is 0 Å². The van der Waals surface area contributed by atoms with Crippen LogP contribution in [-0.2, 0) is 6.42 Å². The van der Waals surface area contributed by atoms with E-state index in [4.69, 9.17) is 0 Å². The Bertz CT molecular complexity index is 756. The van der Waals surface area contributed by atoms with Gasteiger partial charge in [-0.1, -0.05) is 35.9 Å². The minimum absolute atomic E-state index is 0.0291. The molecule has 21 heavy (non-hydrogen) atoms. The van der Waals surface area contributed by atoms with Gasteiger partial charge in [-0.2, -0.15) is 0 Å². The summed E-state index contributed by atoms with van der Waals surface area (Å²) in [4.78, 5) is 15.3. The molecule has 2 aromatic carbocycles. The number of fused-ring (bicyclic) bond motifs is 1. The number of carbonyl (C=O) groups excluding carboxylic acids is 1. The molecule has 1 amide bonds. The van der Waals surface area contributed by atoms with Gasteiger partial charge in [0.25, 0.3) is 5.91 Å². The Morgan fingerprint density at radius 3 is 2.71 bits per heavy atom. The van der Waals surface area contributed by atoms with Gasteiger partial charge in [0.2, 0.25) is 0 Å². The van der Waals surface area contributed by atoms with E-state index in [2.05, 4.69) is 41.5 Å². The molecule has 0 atom stereocenters. The molecular formula is C18H18N2O. The summed E-state index contributed by atoms with van der Waals surface area (Å²) in [5, 5.41) is 4.08. The first-order chi connectivity index (χ1) is 10.2. The van der Waals surface area contributed by atoms with Crippen LogP contribution in [-0.4, -0.2) is 17.4 Å². The zero-order valence-corrected chi connectivity index (χ0v) is 12.0. The number of hydrogen-bond donors (Lipinski definition) is 2. The van der Waals surface area contributed by atoms with Crippen LogP contribution in [0, 0.1) is 6.92 Å². The lowest BCUT2D eigenvalue weighted by Gasteiger charge is -2.06. The summed E-state index contributed by atoms with van der Waals surface area (Å²) in [6.45, 7) is 2.72. The molecule has 0 radical (unpaired) electrons. The number of rotatable bonds is 4. The molecule has 2 N–H and O–H groups in total. The third kappa shape index (κ3) is 3.14. The molecule has 106 valence electrons. The van der Waals surface area contributed by atoms with Gasteiger partial charge in [0, 0.05) is 23.8 Å². The molecule has 0 aliphatic heterocycles. The quantitative estimate of drug-likeness (QED) is 0.754. The number of aromatic nitrogens is 1.